The Bertz CT molecular complexity index is 537. The van der Waals surface area contributed by atoms with Gasteiger partial charge in [-0.05, 0) is 36.2 Å². The van der Waals surface area contributed by atoms with Crippen LogP contribution < -0.4 is 10.5 Å². The van der Waals surface area contributed by atoms with E-state index in [9.17, 15) is 0 Å². The van der Waals surface area contributed by atoms with Gasteiger partial charge in [-0.3, -0.25) is 0 Å². The van der Waals surface area contributed by atoms with Crippen molar-refractivity contribution in [1.29, 1.82) is 0 Å². The second kappa shape index (κ2) is 6.70. The van der Waals surface area contributed by atoms with Crippen molar-refractivity contribution in [3.8, 4) is 5.75 Å². The molecule has 0 amide bonds. The predicted octanol–water partition coefficient (Wildman–Crippen LogP) is 3.24. The number of nitrogens with two attached hydrogens (primary N) is 1. The Kier molecular flexibility index (Phi) is 4.96. The van der Waals surface area contributed by atoms with Crippen molar-refractivity contribution in [2.75, 3.05) is 7.11 Å². The maximum atomic E-state index is 5.75. The Morgan fingerprint density at radius 2 is 2.05 bits per heavy atom. The van der Waals surface area contributed by atoms with Gasteiger partial charge in [0, 0.05) is 16.3 Å². The van der Waals surface area contributed by atoms with E-state index in [0.717, 1.165) is 11.3 Å². The summed E-state index contributed by atoms with van der Waals surface area (Å²) < 4.78 is 10.9. The van der Waals surface area contributed by atoms with Gasteiger partial charge in [-0.1, -0.05) is 12.1 Å². The quantitative estimate of drug-likeness (QED) is 0.881. The van der Waals surface area contributed by atoms with Crippen LogP contribution in [0.1, 0.15) is 20.9 Å². The molecule has 0 aliphatic rings. The third-order valence-corrected chi connectivity index (χ3v) is 4.05. The van der Waals surface area contributed by atoms with Crippen LogP contribution in [0.25, 0.3) is 0 Å². The fourth-order valence-electron chi connectivity index (χ4n) is 1.87. The van der Waals surface area contributed by atoms with Gasteiger partial charge in [0.2, 0.25) is 0 Å². The summed E-state index contributed by atoms with van der Waals surface area (Å²) in [6.07, 6.45) is 0. The van der Waals surface area contributed by atoms with Crippen LogP contribution in [0.15, 0.2) is 30.3 Å². The molecule has 0 unspecified atom stereocenters. The molecule has 0 aliphatic heterocycles. The molecule has 2 N–H and O–H groups in total. The minimum absolute atomic E-state index is 0.588. The van der Waals surface area contributed by atoms with Crippen molar-refractivity contribution in [2.24, 2.45) is 5.73 Å². The van der Waals surface area contributed by atoms with Gasteiger partial charge < -0.3 is 15.2 Å². The van der Waals surface area contributed by atoms with E-state index in [1.165, 1.54) is 15.3 Å². The first-order chi connectivity index (χ1) is 9.22. The first-order valence-electron chi connectivity index (χ1n) is 6.22. The van der Waals surface area contributed by atoms with Crippen molar-refractivity contribution in [2.45, 2.75) is 26.7 Å². The lowest BCUT2D eigenvalue weighted by atomic mass is 10.2. The molecule has 0 atom stereocenters. The zero-order valence-corrected chi connectivity index (χ0v) is 12.1. The van der Waals surface area contributed by atoms with Crippen molar-refractivity contribution < 1.29 is 9.47 Å². The Labute approximate surface area is 118 Å². The van der Waals surface area contributed by atoms with E-state index in [1.54, 1.807) is 18.4 Å². The van der Waals surface area contributed by atoms with Gasteiger partial charge in [0.1, 0.15) is 5.75 Å². The average Bonchev–Trinajstić information content (AvgIpc) is 2.80. The minimum Gasteiger partial charge on any atom is -0.497 e. The molecule has 0 saturated heterocycles. The van der Waals surface area contributed by atoms with Gasteiger partial charge in [0.25, 0.3) is 0 Å². The molecule has 0 aliphatic carbocycles. The second-order valence-electron chi connectivity index (χ2n) is 4.34. The number of hydrogen-bond acceptors (Lipinski definition) is 4. The smallest absolute Gasteiger partial charge is 0.119 e. The van der Waals surface area contributed by atoms with E-state index < -0.39 is 0 Å². The minimum atomic E-state index is 0.588. The van der Waals surface area contributed by atoms with E-state index in [1.807, 2.05) is 24.3 Å². The molecule has 2 aromatic rings. The number of aryl methyl sites for hydroxylation is 1. The Morgan fingerprint density at radius 1 is 1.21 bits per heavy atom. The Balaban J connectivity index is 1.90. The molecule has 0 radical (unpaired) electrons. The highest BCUT2D eigenvalue weighted by Gasteiger charge is 2.05. The zero-order valence-electron chi connectivity index (χ0n) is 11.3. The van der Waals surface area contributed by atoms with Gasteiger partial charge in [0.05, 0.1) is 20.3 Å². The number of methoxy groups -OCH3 is 1. The first kappa shape index (κ1) is 14.1. The van der Waals surface area contributed by atoms with E-state index in [0.29, 0.717) is 19.8 Å². The number of hydrogen-bond donors (Lipinski definition) is 1. The molecule has 19 heavy (non-hydrogen) atoms. The summed E-state index contributed by atoms with van der Waals surface area (Å²) in [5.74, 6) is 0.859. The summed E-state index contributed by atoms with van der Waals surface area (Å²) >= 11 is 1.74. The third-order valence-electron chi connectivity index (χ3n) is 2.93. The largest absolute Gasteiger partial charge is 0.497 e. The number of ether oxygens (including phenoxy) is 2. The van der Waals surface area contributed by atoms with Crippen molar-refractivity contribution in [1.82, 2.24) is 0 Å². The highest BCUT2D eigenvalue weighted by molar-refractivity contribution is 7.12. The maximum absolute atomic E-state index is 5.75. The summed E-state index contributed by atoms with van der Waals surface area (Å²) in [6.45, 7) is 3.92. The Morgan fingerprint density at radius 3 is 2.74 bits per heavy atom. The molecule has 102 valence electrons. The molecular weight excluding hydrogens is 258 g/mol. The molecule has 0 saturated carbocycles. The fraction of sp³-hybridized carbons (Fsp3) is 0.333. The lowest BCUT2D eigenvalue weighted by Gasteiger charge is -2.06. The summed E-state index contributed by atoms with van der Waals surface area (Å²) in [5, 5.41) is 0. The molecule has 0 spiro atoms. The maximum Gasteiger partial charge on any atom is 0.119 e. The summed E-state index contributed by atoms with van der Waals surface area (Å²) in [4.78, 5) is 2.49. The molecule has 1 aromatic heterocycles. The number of rotatable bonds is 6. The van der Waals surface area contributed by atoms with Crippen LogP contribution in [0, 0.1) is 6.92 Å². The second-order valence-corrected chi connectivity index (χ2v) is 5.68. The summed E-state index contributed by atoms with van der Waals surface area (Å²) in [7, 11) is 1.67. The van der Waals surface area contributed by atoms with Crippen LogP contribution in [0.4, 0.5) is 0 Å². The van der Waals surface area contributed by atoms with E-state index in [2.05, 4.69) is 13.0 Å². The van der Waals surface area contributed by atoms with Crippen LogP contribution in [0.2, 0.25) is 0 Å². The molecular formula is C15H19NO2S. The highest BCUT2D eigenvalue weighted by Crippen LogP contribution is 2.22. The van der Waals surface area contributed by atoms with Gasteiger partial charge in [-0.15, -0.1) is 11.3 Å². The topological polar surface area (TPSA) is 44.5 Å². The van der Waals surface area contributed by atoms with E-state index in [4.69, 9.17) is 15.2 Å². The normalized spacial score (nSPS) is 10.7. The first-order valence-corrected chi connectivity index (χ1v) is 7.03. The third kappa shape index (κ3) is 3.80. The monoisotopic (exact) mass is 277 g/mol. The molecule has 1 heterocycles. The standard InChI is InChI=1S/C15H19NO2S/c1-11-13(7-15(8-16)19-11)10-18-9-12-4-3-5-14(6-12)17-2/h3-7H,8-10,16H2,1-2H3. The zero-order chi connectivity index (χ0) is 13.7. The number of thiophene rings is 1. The molecule has 3 nitrogen and oxygen atoms in total. The number of benzene rings is 1. The Hall–Kier alpha value is -1.36. The van der Waals surface area contributed by atoms with Crippen LogP contribution in [-0.2, 0) is 24.5 Å². The molecule has 4 heteroatoms. The van der Waals surface area contributed by atoms with Gasteiger partial charge >= 0.3 is 0 Å². The van der Waals surface area contributed by atoms with Gasteiger partial charge in [-0.25, -0.2) is 0 Å². The van der Waals surface area contributed by atoms with Gasteiger partial charge in [0.15, 0.2) is 0 Å². The van der Waals surface area contributed by atoms with Crippen molar-refractivity contribution >= 4 is 11.3 Å². The summed E-state index contributed by atoms with van der Waals surface area (Å²) in [5.41, 5.74) is 7.99. The summed E-state index contributed by atoms with van der Waals surface area (Å²) in [6, 6.07) is 10.1. The van der Waals surface area contributed by atoms with Crippen molar-refractivity contribution in [3.63, 3.8) is 0 Å². The fourth-order valence-corrected chi connectivity index (χ4v) is 2.80. The van der Waals surface area contributed by atoms with Crippen LogP contribution >= 0.6 is 11.3 Å². The molecule has 0 fully saturated rings. The average molecular weight is 277 g/mol. The lowest BCUT2D eigenvalue weighted by molar-refractivity contribution is 0.107. The van der Waals surface area contributed by atoms with E-state index in [-0.39, 0.29) is 0 Å². The van der Waals surface area contributed by atoms with Crippen LogP contribution in [0.3, 0.4) is 0 Å². The molecule has 2 rings (SSSR count). The SMILES string of the molecule is COc1cccc(COCc2cc(CN)sc2C)c1. The molecule has 0 bridgehead atoms. The van der Waals surface area contributed by atoms with Crippen molar-refractivity contribution in [3.05, 3.63) is 51.2 Å². The van der Waals surface area contributed by atoms with Gasteiger partial charge in [-0.2, -0.15) is 0 Å². The lowest BCUT2D eigenvalue weighted by Crippen LogP contribution is -1.95. The predicted molar refractivity (Wildman–Crippen MR) is 78.4 cm³/mol. The van der Waals surface area contributed by atoms with E-state index >= 15 is 0 Å². The highest BCUT2D eigenvalue weighted by atomic mass is 32.1. The van der Waals surface area contributed by atoms with Crippen LogP contribution in [-0.4, -0.2) is 7.11 Å². The van der Waals surface area contributed by atoms with Crippen LogP contribution in [0.5, 0.6) is 5.75 Å². The molecule has 1 aromatic carbocycles.